The van der Waals surface area contributed by atoms with E-state index < -0.39 is 30.0 Å². The van der Waals surface area contributed by atoms with Crippen LogP contribution in [0.25, 0.3) is 0 Å². The second kappa shape index (κ2) is 7.89. The summed E-state index contributed by atoms with van der Waals surface area (Å²) in [6.45, 7) is 2.44. The van der Waals surface area contributed by atoms with E-state index in [0.29, 0.717) is 30.7 Å². The summed E-state index contributed by atoms with van der Waals surface area (Å²) in [4.78, 5) is 19.4. The van der Waals surface area contributed by atoms with Crippen molar-refractivity contribution in [1.29, 1.82) is 0 Å². The summed E-state index contributed by atoms with van der Waals surface area (Å²) < 4.78 is 48.4. The van der Waals surface area contributed by atoms with Crippen LogP contribution in [-0.2, 0) is 4.74 Å². The van der Waals surface area contributed by atoms with Gasteiger partial charge in [-0.2, -0.15) is 13.8 Å². The molecule has 2 aliphatic rings. The number of anilines is 2. The lowest BCUT2D eigenvalue weighted by atomic mass is 10.1. The van der Waals surface area contributed by atoms with Crippen molar-refractivity contribution >= 4 is 11.5 Å². The fraction of sp³-hybridized carbons (Fsp3) is 0.474. The van der Waals surface area contributed by atoms with E-state index in [4.69, 9.17) is 10.5 Å². The summed E-state index contributed by atoms with van der Waals surface area (Å²) in [5.41, 5.74) is 5.31. The molecular formula is C19H22F3N5O3. The average molecular weight is 425 g/mol. The van der Waals surface area contributed by atoms with Crippen LogP contribution in [0, 0.1) is 5.82 Å². The monoisotopic (exact) mass is 425 g/mol. The summed E-state index contributed by atoms with van der Waals surface area (Å²) in [7, 11) is 0. The van der Waals surface area contributed by atoms with Gasteiger partial charge in [0.15, 0.2) is 0 Å². The standard InChI is InChI=1S/C19H22F3N5O3/c20-12-1-3-13(4-2-12)26-9-7-25(8-10-26)11-14-16(28)19(21,22)17(30-14)27-6-5-15(23)24-18(27)29/h1-6,14,16-17,28H,7-11H2,(H2,23,24,29)/t14-,16-,17-/m1/s1. The van der Waals surface area contributed by atoms with Crippen molar-refractivity contribution < 1.29 is 23.0 Å². The van der Waals surface area contributed by atoms with Crippen LogP contribution >= 0.6 is 0 Å². The van der Waals surface area contributed by atoms with Gasteiger partial charge in [0, 0.05) is 44.6 Å². The predicted octanol–water partition coefficient (Wildman–Crippen LogP) is 0.680. The Hall–Kier alpha value is -2.63. The molecule has 0 saturated carbocycles. The molecule has 0 spiro atoms. The molecule has 0 bridgehead atoms. The topological polar surface area (TPSA) is 96.9 Å². The van der Waals surface area contributed by atoms with Crippen LogP contribution < -0.4 is 16.3 Å². The Kier molecular flexibility index (Phi) is 5.43. The zero-order chi connectivity index (χ0) is 21.5. The van der Waals surface area contributed by atoms with Crippen LogP contribution in [0.4, 0.5) is 24.7 Å². The van der Waals surface area contributed by atoms with Crippen molar-refractivity contribution in [1.82, 2.24) is 14.5 Å². The van der Waals surface area contributed by atoms with E-state index in [1.54, 1.807) is 12.1 Å². The van der Waals surface area contributed by atoms with Crippen molar-refractivity contribution in [2.24, 2.45) is 0 Å². The van der Waals surface area contributed by atoms with E-state index in [2.05, 4.69) is 9.88 Å². The second-order valence-corrected chi connectivity index (χ2v) is 7.45. The molecule has 0 aliphatic carbocycles. The van der Waals surface area contributed by atoms with Gasteiger partial charge in [-0.25, -0.2) is 9.18 Å². The highest BCUT2D eigenvalue weighted by atomic mass is 19.3. The van der Waals surface area contributed by atoms with Crippen LogP contribution in [0.5, 0.6) is 0 Å². The van der Waals surface area contributed by atoms with Gasteiger partial charge in [0.1, 0.15) is 23.8 Å². The van der Waals surface area contributed by atoms with E-state index >= 15 is 0 Å². The highest BCUT2D eigenvalue weighted by Crippen LogP contribution is 2.42. The number of aromatic nitrogens is 2. The van der Waals surface area contributed by atoms with Gasteiger partial charge < -0.3 is 20.5 Å². The molecule has 162 valence electrons. The molecular weight excluding hydrogens is 403 g/mol. The van der Waals surface area contributed by atoms with E-state index in [1.165, 1.54) is 18.2 Å². The van der Waals surface area contributed by atoms with E-state index in [9.17, 15) is 23.1 Å². The molecule has 3 heterocycles. The molecule has 2 saturated heterocycles. The lowest BCUT2D eigenvalue weighted by molar-refractivity contribution is -0.140. The minimum atomic E-state index is -3.66. The Balaban J connectivity index is 1.40. The minimum absolute atomic E-state index is 0.0850. The molecule has 1 aromatic heterocycles. The Morgan fingerprint density at radius 2 is 1.83 bits per heavy atom. The van der Waals surface area contributed by atoms with Crippen molar-refractivity contribution in [3.63, 3.8) is 0 Å². The van der Waals surface area contributed by atoms with Crippen molar-refractivity contribution in [3.05, 3.63) is 52.8 Å². The van der Waals surface area contributed by atoms with Crippen LogP contribution in [0.2, 0.25) is 0 Å². The molecule has 2 aliphatic heterocycles. The summed E-state index contributed by atoms with van der Waals surface area (Å²) in [6.07, 6.45) is -4.12. The Morgan fingerprint density at radius 3 is 2.47 bits per heavy atom. The smallest absolute Gasteiger partial charge is 0.351 e. The summed E-state index contributed by atoms with van der Waals surface area (Å²) >= 11 is 0. The zero-order valence-electron chi connectivity index (χ0n) is 16.0. The molecule has 30 heavy (non-hydrogen) atoms. The molecule has 1 aromatic carbocycles. The molecule has 0 radical (unpaired) electrons. The molecule has 0 amide bonds. The quantitative estimate of drug-likeness (QED) is 0.744. The third-order valence-corrected chi connectivity index (χ3v) is 5.49. The van der Waals surface area contributed by atoms with Crippen LogP contribution in [0.15, 0.2) is 41.3 Å². The van der Waals surface area contributed by atoms with Crippen molar-refractivity contribution in [2.75, 3.05) is 43.4 Å². The first-order valence-corrected chi connectivity index (χ1v) is 9.54. The number of ether oxygens (including phenoxy) is 1. The Bertz CT molecular complexity index is 947. The van der Waals surface area contributed by atoms with Crippen molar-refractivity contribution in [3.8, 4) is 0 Å². The number of rotatable bonds is 4. The number of aliphatic hydroxyl groups is 1. The number of hydrogen-bond donors (Lipinski definition) is 2. The van der Waals surface area contributed by atoms with Crippen molar-refractivity contribution in [2.45, 2.75) is 24.4 Å². The minimum Gasteiger partial charge on any atom is -0.384 e. The maximum absolute atomic E-state index is 14.6. The first-order chi connectivity index (χ1) is 14.3. The van der Waals surface area contributed by atoms with Crippen LogP contribution in [0.3, 0.4) is 0 Å². The zero-order valence-corrected chi connectivity index (χ0v) is 16.0. The fourth-order valence-electron chi connectivity index (χ4n) is 3.82. The van der Waals surface area contributed by atoms with Gasteiger partial charge in [-0.15, -0.1) is 0 Å². The van der Waals surface area contributed by atoms with Gasteiger partial charge in [-0.3, -0.25) is 9.47 Å². The van der Waals surface area contributed by atoms with Gasteiger partial charge in [0.2, 0.25) is 6.23 Å². The first-order valence-electron chi connectivity index (χ1n) is 9.54. The molecule has 2 fully saturated rings. The number of nitrogen functional groups attached to an aromatic ring is 1. The van der Waals surface area contributed by atoms with Gasteiger partial charge in [-0.05, 0) is 30.3 Å². The molecule has 4 rings (SSSR count). The SMILES string of the molecule is Nc1ccn([C@@H]2O[C@H](CN3CCN(c4ccc(F)cc4)CC3)[C@@H](O)C2(F)F)c(=O)n1. The summed E-state index contributed by atoms with van der Waals surface area (Å²) in [5, 5.41) is 10.2. The number of piperazine rings is 1. The van der Waals surface area contributed by atoms with Crippen LogP contribution in [-0.4, -0.2) is 70.4 Å². The fourth-order valence-corrected chi connectivity index (χ4v) is 3.82. The van der Waals surface area contributed by atoms with E-state index in [1.807, 2.05) is 4.90 Å². The molecule has 11 heteroatoms. The highest BCUT2D eigenvalue weighted by Gasteiger charge is 2.59. The molecule has 8 nitrogen and oxygen atoms in total. The third-order valence-electron chi connectivity index (χ3n) is 5.49. The lowest BCUT2D eigenvalue weighted by Gasteiger charge is -2.37. The molecule has 3 N–H and O–H groups in total. The highest BCUT2D eigenvalue weighted by molar-refractivity contribution is 5.46. The molecule has 2 aromatic rings. The van der Waals surface area contributed by atoms with Gasteiger partial charge >= 0.3 is 11.6 Å². The number of halogens is 3. The number of hydrogen-bond acceptors (Lipinski definition) is 7. The average Bonchev–Trinajstić information content (AvgIpc) is 2.93. The van der Waals surface area contributed by atoms with Crippen LogP contribution in [0.1, 0.15) is 6.23 Å². The number of nitrogens with zero attached hydrogens (tertiary/aromatic N) is 4. The van der Waals surface area contributed by atoms with E-state index in [0.717, 1.165) is 11.9 Å². The maximum atomic E-state index is 14.6. The molecule has 3 atom stereocenters. The Morgan fingerprint density at radius 1 is 1.17 bits per heavy atom. The Labute approximate surface area is 170 Å². The lowest BCUT2D eigenvalue weighted by Crippen LogP contribution is -2.50. The normalized spacial score (nSPS) is 26.8. The number of benzene rings is 1. The van der Waals surface area contributed by atoms with Gasteiger partial charge in [0.25, 0.3) is 0 Å². The van der Waals surface area contributed by atoms with Gasteiger partial charge in [0.05, 0.1) is 0 Å². The van der Waals surface area contributed by atoms with E-state index in [-0.39, 0.29) is 18.2 Å². The maximum Gasteiger partial charge on any atom is 0.351 e. The molecule has 0 unspecified atom stereocenters. The first kappa shape index (κ1) is 20.6. The third kappa shape index (κ3) is 3.87. The second-order valence-electron chi connectivity index (χ2n) is 7.45. The summed E-state index contributed by atoms with van der Waals surface area (Å²) in [5.74, 6) is -4.06. The predicted molar refractivity (Wildman–Crippen MR) is 103 cm³/mol. The number of aliphatic hydroxyl groups excluding tert-OH is 1. The summed E-state index contributed by atoms with van der Waals surface area (Å²) in [6, 6.07) is 7.38. The van der Waals surface area contributed by atoms with Gasteiger partial charge in [-0.1, -0.05) is 0 Å². The number of nitrogens with two attached hydrogens (primary N) is 1. The number of alkyl halides is 2. The largest absolute Gasteiger partial charge is 0.384 e.